The lowest BCUT2D eigenvalue weighted by molar-refractivity contribution is -0.120. The number of carbonyl (C=O) groups excluding carboxylic acids is 1. The monoisotopic (exact) mass is 444 g/mol. The molecule has 3 N–H and O–H groups in total. The average Bonchev–Trinajstić information content (AvgIpc) is 2.49. The fourth-order valence-electron chi connectivity index (χ4n) is 1.90. The summed E-state index contributed by atoms with van der Waals surface area (Å²) in [6.07, 6.45) is 1.12. The number of halogens is 1. The lowest BCUT2D eigenvalue weighted by Crippen LogP contribution is -2.44. The summed E-state index contributed by atoms with van der Waals surface area (Å²) in [5, 5.41) is 8.91. The molecular weight excluding hydrogens is 411 g/mol. The van der Waals surface area contributed by atoms with Gasteiger partial charge in [-0.25, -0.2) is 0 Å². The average molecular weight is 444 g/mol. The number of hydrogen-bond acceptors (Lipinski definition) is 4. The molecule has 0 bridgehead atoms. The molecule has 7 nitrogen and oxygen atoms in total. The molecule has 8 heteroatoms. The first-order valence-corrected chi connectivity index (χ1v) is 7.86. The highest BCUT2D eigenvalue weighted by Gasteiger charge is 2.13. The van der Waals surface area contributed by atoms with Crippen molar-refractivity contribution in [2.75, 3.05) is 47.0 Å². The topological polar surface area (TPSA) is 84.0 Å². The predicted molar refractivity (Wildman–Crippen MR) is 105 cm³/mol. The van der Waals surface area contributed by atoms with Gasteiger partial charge < -0.3 is 25.4 Å². The van der Waals surface area contributed by atoms with E-state index >= 15 is 0 Å². The molecule has 138 valence electrons. The second kappa shape index (κ2) is 16.3. The van der Waals surface area contributed by atoms with Crippen LogP contribution in [0.25, 0.3) is 0 Å². The van der Waals surface area contributed by atoms with E-state index in [2.05, 4.69) is 34.8 Å². The summed E-state index contributed by atoms with van der Waals surface area (Å²) in [5.41, 5.74) is 0. The van der Waals surface area contributed by atoms with Gasteiger partial charge >= 0.3 is 0 Å². The summed E-state index contributed by atoms with van der Waals surface area (Å²) in [6, 6.07) is 0. The van der Waals surface area contributed by atoms with Gasteiger partial charge in [0.1, 0.15) is 0 Å². The fraction of sp³-hybridized carbons (Fsp3) is 0.867. The van der Waals surface area contributed by atoms with Crippen molar-refractivity contribution >= 4 is 35.8 Å². The molecule has 0 aromatic rings. The van der Waals surface area contributed by atoms with Crippen LogP contribution in [0.4, 0.5) is 0 Å². The molecule has 0 aliphatic rings. The maximum atomic E-state index is 11.6. The van der Waals surface area contributed by atoms with Crippen molar-refractivity contribution in [2.24, 2.45) is 10.9 Å². The summed E-state index contributed by atoms with van der Waals surface area (Å²) >= 11 is 0. The molecule has 0 rings (SSSR count). The molecule has 0 spiro atoms. The van der Waals surface area contributed by atoms with Crippen LogP contribution in [0, 0.1) is 5.92 Å². The number of guanidine groups is 1. The van der Waals surface area contributed by atoms with E-state index in [4.69, 9.17) is 9.47 Å². The van der Waals surface area contributed by atoms with Crippen molar-refractivity contribution in [3.63, 3.8) is 0 Å². The third-order valence-corrected chi connectivity index (χ3v) is 3.11. The zero-order valence-corrected chi connectivity index (χ0v) is 17.3. The van der Waals surface area contributed by atoms with Gasteiger partial charge in [-0.1, -0.05) is 13.8 Å². The molecule has 0 aromatic carbocycles. The molecular formula is C15H33IN4O3. The molecule has 0 heterocycles. The summed E-state index contributed by atoms with van der Waals surface area (Å²) in [4.78, 5) is 15.7. The van der Waals surface area contributed by atoms with Crippen molar-refractivity contribution in [3.05, 3.63) is 0 Å². The van der Waals surface area contributed by atoms with Gasteiger partial charge in [0.25, 0.3) is 0 Å². The molecule has 1 unspecified atom stereocenters. The Bertz CT molecular complexity index is 328. The van der Waals surface area contributed by atoms with Crippen LogP contribution in [-0.2, 0) is 14.3 Å². The Balaban J connectivity index is 0. The first-order valence-electron chi connectivity index (χ1n) is 7.86. The number of nitrogens with one attached hydrogen (secondary N) is 3. The van der Waals surface area contributed by atoms with E-state index in [1.54, 1.807) is 14.2 Å². The highest BCUT2D eigenvalue weighted by atomic mass is 127. The van der Waals surface area contributed by atoms with Gasteiger partial charge in [-0.15, -0.1) is 24.0 Å². The van der Waals surface area contributed by atoms with Gasteiger partial charge in [0.05, 0.1) is 19.3 Å². The number of carbonyl (C=O) groups is 1. The third kappa shape index (κ3) is 13.5. The number of methoxy groups -OCH3 is 1. The van der Waals surface area contributed by atoms with E-state index in [1.807, 2.05) is 6.92 Å². The van der Waals surface area contributed by atoms with Gasteiger partial charge in [0, 0.05) is 33.9 Å². The molecule has 0 radical (unpaired) electrons. The maximum absolute atomic E-state index is 11.6. The minimum Gasteiger partial charge on any atom is -0.383 e. The van der Waals surface area contributed by atoms with Crippen LogP contribution in [-0.4, -0.2) is 65.0 Å². The van der Waals surface area contributed by atoms with E-state index < -0.39 is 0 Å². The van der Waals surface area contributed by atoms with E-state index in [1.165, 1.54) is 0 Å². The second-order valence-electron chi connectivity index (χ2n) is 5.22. The zero-order valence-electron chi connectivity index (χ0n) is 15.0. The van der Waals surface area contributed by atoms with Crippen LogP contribution in [0.3, 0.4) is 0 Å². The van der Waals surface area contributed by atoms with Gasteiger partial charge in [0.2, 0.25) is 5.91 Å². The predicted octanol–water partition coefficient (Wildman–Crippen LogP) is 0.983. The van der Waals surface area contributed by atoms with E-state index in [9.17, 15) is 4.79 Å². The Morgan fingerprint density at radius 2 is 1.87 bits per heavy atom. The van der Waals surface area contributed by atoms with Crippen LogP contribution in [0.5, 0.6) is 0 Å². The van der Waals surface area contributed by atoms with Crippen molar-refractivity contribution in [1.29, 1.82) is 0 Å². The molecule has 1 atom stereocenters. The van der Waals surface area contributed by atoms with Gasteiger partial charge in [0.15, 0.2) is 5.96 Å². The number of hydrogen-bond donors (Lipinski definition) is 3. The summed E-state index contributed by atoms with van der Waals surface area (Å²) in [5.74, 6) is 0.999. The summed E-state index contributed by atoms with van der Waals surface area (Å²) < 4.78 is 10.6. The molecule has 0 saturated heterocycles. The quantitative estimate of drug-likeness (QED) is 0.192. The molecule has 0 fully saturated rings. The highest BCUT2D eigenvalue weighted by molar-refractivity contribution is 14.0. The smallest absolute Gasteiger partial charge is 0.239 e. The Morgan fingerprint density at radius 1 is 1.17 bits per heavy atom. The molecule has 0 aliphatic carbocycles. The summed E-state index contributed by atoms with van der Waals surface area (Å²) in [6.45, 7) is 8.97. The standard InChI is InChI=1S/C15H32N4O3.HI/c1-6-22-13(12(2)3)7-8-18-15(16-4)19-11-14(20)17-9-10-21-5;/h12-13H,6-11H2,1-5H3,(H,17,20)(H2,16,18,19);1H. The van der Waals surface area contributed by atoms with Crippen molar-refractivity contribution in [2.45, 2.75) is 33.3 Å². The Kier molecular flexibility index (Phi) is 17.4. The van der Waals surface area contributed by atoms with E-state index in [-0.39, 0.29) is 42.5 Å². The van der Waals surface area contributed by atoms with Crippen molar-refractivity contribution < 1.29 is 14.3 Å². The number of aliphatic imine (C=N–C) groups is 1. The fourth-order valence-corrected chi connectivity index (χ4v) is 1.90. The van der Waals surface area contributed by atoms with Crippen LogP contribution < -0.4 is 16.0 Å². The Hall–Kier alpha value is -0.610. The number of nitrogens with zero attached hydrogens (tertiary/aromatic N) is 1. The first-order chi connectivity index (χ1) is 10.5. The minimum absolute atomic E-state index is 0. The number of amides is 1. The van der Waals surface area contributed by atoms with Crippen LogP contribution in [0.1, 0.15) is 27.2 Å². The molecule has 0 aromatic heterocycles. The first kappa shape index (κ1) is 24.6. The van der Waals surface area contributed by atoms with Crippen LogP contribution in [0.2, 0.25) is 0 Å². The largest absolute Gasteiger partial charge is 0.383 e. The number of rotatable bonds is 11. The van der Waals surface area contributed by atoms with E-state index in [0.717, 1.165) is 19.6 Å². The Morgan fingerprint density at radius 3 is 2.39 bits per heavy atom. The van der Waals surface area contributed by atoms with Crippen molar-refractivity contribution in [1.82, 2.24) is 16.0 Å². The SMILES string of the molecule is CCOC(CCNC(=NC)NCC(=O)NCCOC)C(C)C.I. The molecule has 0 saturated carbocycles. The maximum Gasteiger partial charge on any atom is 0.239 e. The normalized spacial score (nSPS) is 12.5. The van der Waals surface area contributed by atoms with E-state index in [0.29, 0.717) is 25.0 Å². The van der Waals surface area contributed by atoms with Crippen molar-refractivity contribution in [3.8, 4) is 0 Å². The third-order valence-electron chi connectivity index (χ3n) is 3.11. The van der Waals surface area contributed by atoms with Gasteiger partial charge in [-0.05, 0) is 19.3 Å². The molecule has 0 aliphatic heterocycles. The molecule has 23 heavy (non-hydrogen) atoms. The number of ether oxygens (including phenoxy) is 2. The zero-order chi connectivity index (χ0) is 16.8. The van der Waals surface area contributed by atoms with Crippen LogP contribution >= 0.6 is 24.0 Å². The second-order valence-corrected chi connectivity index (χ2v) is 5.22. The van der Waals surface area contributed by atoms with Gasteiger partial charge in [-0.3, -0.25) is 9.79 Å². The lowest BCUT2D eigenvalue weighted by Gasteiger charge is -2.21. The lowest BCUT2D eigenvalue weighted by atomic mass is 10.0. The molecule has 1 amide bonds. The Labute approximate surface area is 157 Å². The minimum atomic E-state index is -0.0885. The van der Waals surface area contributed by atoms with Gasteiger partial charge in [-0.2, -0.15) is 0 Å². The van der Waals surface area contributed by atoms with Crippen LogP contribution in [0.15, 0.2) is 4.99 Å². The summed E-state index contributed by atoms with van der Waals surface area (Å²) in [7, 11) is 3.28. The highest BCUT2D eigenvalue weighted by Crippen LogP contribution is 2.09.